The van der Waals surface area contributed by atoms with E-state index in [1.165, 1.54) is 6.07 Å². The summed E-state index contributed by atoms with van der Waals surface area (Å²) in [5, 5.41) is 8.80. The molecule has 0 unspecified atom stereocenters. The molecule has 1 aromatic heterocycles. The number of nitrogens with zero attached hydrogens (tertiary/aromatic N) is 3. The molecular formula is C11H14FN3O2. The molecule has 2 heterocycles. The third-order valence-electron chi connectivity index (χ3n) is 2.86. The van der Waals surface area contributed by atoms with Gasteiger partial charge in [0.1, 0.15) is 5.82 Å². The fourth-order valence-electron chi connectivity index (χ4n) is 1.79. The molecule has 0 radical (unpaired) electrons. The maximum absolute atomic E-state index is 13.2. The highest BCUT2D eigenvalue weighted by Gasteiger charge is 2.19. The van der Waals surface area contributed by atoms with Crippen LogP contribution < -0.4 is 4.90 Å². The second-order valence-electron chi connectivity index (χ2n) is 4.10. The fourth-order valence-corrected chi connectivity index (χ4v) is 1.79. The lowest BCUT2D eigenvalue weighted by Crippen LogP contribution is -2.44. The number of hydrogen-bond donors (Lipinski definition) is 1. The van der Waals surface area contributed by atoms with E-state index < -0.39 is 17.5 Å². The van der Waals surface area contributed by atoms with Crippen molar-refractivity contribution in [3.05, 3.63) is 23.6 Å². The van der Waals surface area contributed by atoms with Gasteiger partial charge in [-0.3, -0.25) is 0 Å². The van der Waals surface area contributed by atoms with Crippen LogP contribution in [0.5, 0.6) is 0 Å². The largest absolute Gasteiger partial charge is 0.476 e. The van der Waals surface area contributed by atoms with Crippen LogP contribution in [0.2, 0.25) is 0 Å². The Morgan fingerprint density at radius 1 is 1.35 bits per heavy atom. The number of carboxylic acid groups (broad SMARTS) is 1. The highest BCUT2D eigenvalue weighted by molar-refractivity contribution is 5.86. The van der Waals surface area contributed by atoms with Crippen LogP contribution in [-0.2, 0) is 0 Å². The van der Waals surface area contributed by atoms with Crippen molar-refractivity contribution in [3.8, 4) is 0 Å². The second kappa shape index (κ2) is 4.67. The number of pyridine rings is 1. The summed E-state index contributed by atoms with van der Waals surface area (Å²) in [6, 6.07) is 2.68. The summed E-state index contributed by atoms with van der Waals surface area (Å²) in [4.78, 5) is 18.8. The maximum Gasteiger partial charge on any atom is 0.357 e. The lowest BCUT2D eigenvalue weighted by Gasteiger charge is -2.33. The van der Waals surface area contributed by atoms with Gasteiger partial charge in [-0.25, -0.2) is 14.2 Å². The predicted octanol–water partition coefficient (Wildman–Crippen LogP) is 0.671. The SMILES string of the molecule is CN1CCN(c2ccc(F)c(C(=O)O)n2)CC1. The molecule has 2 rings (SSSR count). The molecule has 1 aromatic rings. The molecule has 5 nitrogen and oxygen atoms in total. The fraction of sp³-hybridized carbons (Fsp3) is 0.455. The van der Waals surface area contributed by atoms with Crippen LogP contribution in [0.4, 0.5) is 10.2 Å². The lowest BCUT2D eigenvalue weighted by atomic mass is 10.3. The molecule has 6 heteroatoms. The minimum atomic E-state index is -1.33. The zero-order chi connectivity index (χ0) is 12.4. The first kappa shape index (κ1) is 11.8. The summed E-state index contributed by atoms with van der Waals surface area (Å²) in [6.07, 6.45) is 0. The van der Waals surface area contributed by atoms with Gasteiger partial charge in [-0.15, -0.1) is 0 Å². The van der Waals surface area contributed by atoms with Crippen molar-refractivity contribution in [2.45, 2.75) is 0 Å². The molecule has 92 valence electrons. The van der Waals surface area contributed by atoms with Gasteiger partial charge in [0.2, 0.25) is 0 Å². The number of anilines is 1. The van der Waals surface area contributed by atoms with Gasteiger partial charge in [0.15, 0.2) is 11.5 Å². The molecule has 17 heavy (non-hydrogen) atoms. The van der Waals surface area contributed by atoms with Crippen LogP contribution >= 0.6 is 0 Å². The lowest BCUT2D eigenvalue weighted by molar-refractivity contribution is 0.0685. The summed E-state index contributed by atoms with van der Waals surface area (Å²) in [5.74, 6) is -1.61. The second-order valence-corrected chi connectivity index (χ2v) is 4.10. The van der Waals surface area contributed by atoms with Crippen LogP contribution in [0.1, 0.15) is 10.5 Å². The minimum Gasteiger partial charge on any atom is -0.476 e. The minimum absolute atomic E-state index is 0.513. The summed E-state index contributed by atoms with van der Waals surface area (Å²) in [6.45, 7) is 3.32. The summed E-state index contributed by atoms with van der Waals surface area (Å²) in [7, 11) is 2.03. The van der Waals surface area contributed by atoms with Crippen molar-refractivity contribution in [3.63, 3.8) is 0 Å². The Bertz CT molecular complexity index is 431. The topological polar surface area (TPSA) is 56.7 Å². The Morgan fingerprint density at radius 2 is 2.00 bits per heavy atom. The van der Waals surface area contributed by atoms with Crippen LogP contribution in [0, 0.1) is 5.82 Å². The summed E-state index contributed by atoms with van der Waals surface area (Å²) >= 11 is 0. The summed E-state index contributed by atoms with van der Waals surface area (Å²) < 4.78 is 13.2. The average Bonchev–Trinajstić information content (AvgIpc) is 2.30. The Labute approximate surface area is 98.5 Å². The molecule has 0 saturated carbocycles. The Kier molecular flexibility index (Phi) is 3.23. The van der Waals surface area contributed by atoms with E-state index in [0.29, 0.717) is 5.82 Å². The van der Waals surface area contributed by atoms with Crippen molar-refractivity contribution in [1.82, 2.24) is 9.88 Å². The van der Waals surface area contributed by atoms with Gasteiger partial charge in [-0.1, -0.05) is 0 Å². The number of carboxylic acids is 1. The molecule has 1 aliphatic rings. The third kappa shape index (κ3) is 2.52. The van der Waals surface area contributed by atoms with Crippen LogP contribution in [-0.4, -0.2) is 54.2 Å². The van der Waals surface area contributed by atoms with Crippen molar-refractivity contribution in [2.75, 3.05) is 38.1 Å². The monoisotopic (exact) mass is 239 g/mol. The number of piperazine rings is 1. The maximum atomic E-state index is 13.2. The molecule has 1 fully saturated rings. The molecule has 1 N–H and O–H groups in total. The van der Waals surface area contributed by atoms with Gasteiger partial charge in [0.25, 0.3) is 0 Å². The van der Waals surface area contributed by atoms with Crippen LogP contribution in [0.3, 0.4) is 0 Å². The van der Waals surface area contributed by atoms with Gasteiger partial charge in [0.05, 0.1) is 0 Å². The van der Waals surface area contributed by atoms with Crippen molar-refractivity contribution in [2.24, 2.45) is 0 Å². The van der Waals surface area contributed by atoms with Gasteiger partial charge in [-0.05, 0) is 19.2 Å². The van der Waals surface area contributed by atoms with Gasteiger partial charge in [0, 0.05) is 26.2 Å². The molecule has 0 atom stereocenters. The molecule has 0 spiro atoms. The van der Waals surface area contributed by atoms with Crippen molar-refractivity contribution < 1.29 is 14.3 Å². The molecule has 1 aliphatic heterocycles. The number of rotatable bonds is 2. The zero-order valence-electron chi connectivity index (χ0n) is 9.56. The van der Waals surface area contributed by atoms with E-state index in [0.717, 1.165) is 32.2 Å². The molecule has 0 amide bonds. The Morgan fingerprint density at radius 3 is 2.59 bits per heavy atom. The standard InChI is InChI=1S/C11H14FN3O2/c1-14-4-6-15(7-5-14)9-3-2-8(12)10(13-9)11(16)17/h2-3H,4-7H2,1H3,(H,16,17). The zero-order valence-corrected chi connectivity index (χ0v) is 9.56. The normalized spacial score (nSPS) is 17.2. The first-order chi connectivity index (χ1) is 8.08. The van der Waals surface area contributed by atoms with E-state index in [1.807, 2.05) is 11.9 Å². The van der Waals surface area contributed by atoms with Crippen LogP contribution in [0.25, 0.3) is 0 Å². The van der Waals surface area contributed by atoms with E-state index in [1.54, 1.807) is 0 Å². The summed E-state index contributed by atoms with van der Waals surface area (Å²) in [5.41, 5.74) is -0.513. The predicted molar refractivity (Wildman–Crippen MR) is 60.9 cm³/mol. The molecule has 1 saturated heterocycles. The number of halogens is 1. The number of aromatic nitrogens is 1. The van der Waals surface area contributed by atoms with E-state index in [-0.39, 0.29) is 0 Å². The smallest absolute Gasteiger partial charge is 0.357 e. The molecular weight excluding hydrogens is 225 g/mol. The van der Waals surface area contributed by atoms with Crippen LogP contribution in [0.15, 0.2) is 12.1 Å². The Balaban J connectivity index is 2.21. The number of hydrogen-bond acceptors (Lipinski definition) is 4. The van der Waals surface area contributed by atoms with Crippen molar-refractivity contribution >= 4 is 11.8 Å². The number of carbonyl (C=O) groups is 1. The van der Waals surface area contributed by atoms with Gasteiger partial charge < -0.3 is 14.9 Å². The first-order valence-corrected chi connectivity index (χ1v) is 5.41. The van der Waals surface area contributed by atoms with E-state index in [4.69, 9.17) is 5.11 Å². The number of likely N-dealkylation sites (N-methyl/N-ethyl adjacent to an activating group) is 1. The Hall–Kier alpha value is -1.69. The average molecular weight is 239 g/mol. The molecule has 0 aromatic carbocycles. The van der Waals surface area contributed by atoms with Gasteiger partial charge in [-0.2, -0.15) is 0 Å². The van der Waals surface area contributed by atoms with E-state index in [9.17, 15) is 9.18 Å². The number of aromatic carboxylic acids is 1. The first-order valence-electron chi connectivity index (χ1n) is 5.41. The highest BCUT2D eigenvalue weighted by Crippen LogP contribution is 2.16. The molecule has 0 aliphatic carbocycles. The van der Waals surface area contributed by atoms with Crippen molar-refractivity contribution in [1.29, 1.82) is 0 Å². The molecule has 0 bridgehead atoms. The van der Waals surface area contributed by atoms with Gasteiger partial charge >= 0.3 is 5.97 Å². The highest BCUT2D eigenvalue weighted by atomic mass is 19.1. The quantitative estimate of drug-likeness (QED) is 0.822. The van der Waals surface area contributed by atoms with E-state index in [2.05, 4.69) is 9.88 Å². The van der Waals surface area contributed by atoms with E-state index >= 15 is 0 Å². The third-order valence-corrected chi connectivity index (χ3v) is 2.86.